The van der Waals surface area contributed by atoms with Crippen molar-refractivity contribution in [2.45, 2.75) is 67.5 Å². The maximum atomic E-state index is 13.4. The first-order valence-electron chi connectivity index (χ1n) is 13.3. The molecule has 1 saturated heterocycles. The number of piperidine rings is 1. The molecule has 2 aliphatic heterocycles. The molecule has 5 aliphatic rings. The molecule has 190 valence electrons. The van der Waals surface area contributed by atoms with Crippen molar-refractivity contribution in [2.75, 3.05) is 26.7 Å². The number of likely N-dealkylation sites (tertiary alicyclic amines) is 1. The molecule has 1 aromatic carbocycles. The molecule has 7 heteroatoms. The highest BCUT2D eigenvalue weighted by molar-refractivity contribution is 5.92. The van der Waals surface area contributed by atoms with Crippen LogP contribution >= 0.6 is 0 Å². The molecule has 7 nitrogen and oxygen atoms in total. The number of rotatable bonds is 5. The topological polar surface area (TPSA) is 86.4 Å². The number of ether oxygens (including phenoxy) is 1. The van der Waals surface area contributed by atoms with Gasteiger partial charge in [0, 0.05) is 42.3 Å². The number of nitrogens with zero attached hydrogens (tertiary/aromatic N) is 2. The average Bonchev–Trinajstić information content (AvgIpc) is 3.56. The van der Waals surface area contributed by atoms with Crippen molar-refractivity contribution >= 4 is 12.0 Å². The zero-order chi connectivity index (χ0) is 24.7. The van der Waals surface area contributed by atoms with Crippen molar-refractivity contribution in [2.24, 2.45) is 5.92 Å². The van der Waals surface area contributed by atoms with Gasteiger partial charge in [-0.05, 0) is 81.2 Å². The molecule has 3 bridgehead atoms. The summed E-state index contributed by atoms with van der Waals surface area (Å²) in [5.41, 5.74) is 0.949. The molecule has 0 unspecified atom stereocenters. The molecular weight excluding hydrogens is 456 g/mol. The maximum Gasteiger partial charge on any atom is 0.246 e. The van der Waals surface area contributed by atoms with E-state index in [1.165, 1.54) is 18.4 Å². The SMILES string of the molecule is CN(C(=O)/C=C/c1ccoc1)[C@]12CC[C@@]3(O)[C@H]4Cc5ccc(O)c(c5[C@@]3(CCN4CC3CC3)C1)OC2. The zero-order valence-corrected chi connectivity index (χ0v) is 20.8. The number of phenols is 1. The molecule has 2 aromatic rings. The first kappa shape index (κ1) is 22.4. The van der Waals surface area contributed by atoms with Gasteiger partial charge >= 0.3 is 0 Å². The minimum atomic E-state index is -0.913. The Bertz CT molecular complexity index is 1240. The third kappa shape index (κ3) is 3.02. The lowest BCUT2D eigenvalue weighted by molar-refractivity contribution is -0.190. The number of phenolic OH excluding ortho intramolecular Hbond substituents is 1. The maximum absolute atomic E-state index is 13.4. The molecular formula is C29H34N2O5. The van der Waals surface area contributed by atoms with Crippen LogP contribution in [0, 0.1) is 5.92 Å². The molecule has 1 spiro atoms. The summed E-state index contributed by atoms with van der Waals surface area (Å²) >= 11 is 0. The summed E-state index contributed by atoms with van der Waals surface area (Å²) in [6.45, 7) is 2.28. The van der Waals surface area contributed by atoms with Gasteiger partial charge in [-0.2, -0.15) is 0 Å². The van der Waals surface area contributed by atoms with Gasteiger partial charge in [-0.3, -0.25) is 9.69 Å². The summed E-state index contributed by atoms with van der Waals surface area (Å²) < 4.78 is 11.5. The van der Waals surface area contributed by atoms with Crippen LogP contribution in [0.2, 0.25) is 0 Å². The second kappa shape index (κ2) is 7.62. The van der Waals surface area contributed by atoms with Gasteiger partial charge in [-0.15, -0.1) is 0 Å². The summed E-state index contributed by atoms with van der Waals surface area (Å²) in [6, 6.07) is 5.63. The zero-order valence-electron chi connectivity index (χ0n) is 20.8. The normalized spacial score (nSPS) is 34.8. The quantitative estimate of drug-likeness (QED) is 0.624. The standard InChI is InChI=1S/C29H34N2O5/c1-30(24(33)7-4-20-8-13-35-16-20)27-9-10-29(34)23-14-21-5-6-22(32)26(36-18-27)25(21)28(29,17-27)11-12-31(23)15-19-2-3-19/h4-8,13,16,19,23,32,34H,2-3,9-12,14-15,17-18H2,1H3/b7-4+/t23-,27-,28-,29-/m1/s1. The second-order valence-corrected chi connectivity index (χ2v) is 11.8. The van der Waals surface area contributed by atoms with E-state index in [9.17, 15) is 15.0 Å². The van der Waals surface area contributed by atoms with Crippen molar-refractivity contribution in [3.63, 3.8) is 0 Å². The van der Waals surface area contributed by atoms with E-state index in [2.05, 4.69) is 4.90 Å². The van der Waals surface area contributed by atoms with Crippen molar-refractivity contribution in [3.8, 4) is 11.5 Å². The van der Waals surface area contributed by atoms with Gasteiger partial charge in [0.1, 0.15) is 6.61 Å². The fourth-order valence-corrected chi connectivity index (χ4v) is 7.88. The summed E-state index contributed by atoms with van der Waals surface area (Å²) in [6.07, 6.45) is 12.6. The Morgan fingerprint density at radius 3 is 2.89 bits per heavy atom. The molecule has 1 amide bonds. The number of fused-ring (bicyclic) bond motifs is 1. The summed E-state index contributed by atoms with van der Waals surface area (Å²) in [7, 11) is 1.85. The number of amides is 1. The largest absolute Gasteiger partial charge is 0.504 e. The van der Waals surface area contributed by atoms with Crippen molar-refractivity contribution in [3.05, 3.63) is 53.5 Å². The van der Waals surface area contributed by atoms with Crippen molar-refractivity contribution in [1.29, 1.82) is 0 Å². The Morgan fingerprint density at radius 2 is 2.11 bits per heavy atom. The summed E-state index contributed by atoms with van der Waals surface area (Å²) in [5.74, 6) is 1.29. The number of hydrogen-bond donors (Lipinski definition) is 2. The van der Waals surface area contributed by atoms with E-state index in [1.807, 2.05) is 24.1 Å². The molecule has 36 heavy (non-hydrogen) atoms. The summed E-state index contributed by atoms with van der Waals surface area (Å²) in [4.78, 5) is 17.8. The van der Waals surface area contributed by atoms with Crippen LogP contribution in [0.15, 0.2) is 41.2 Å². The highest BCUT2D eigenvalue weighted by Crippen LogP contribution is 2.65. The molecule has 1 aromatic heterocycles. The van der Waals surface area contributed by atoms with Gasteiger partial charge in [0.05, 0.1) is 23.7 Å². The van der Waals surface area contributed by atoms with Gasteiger partial charge in [0.2, 0.25) is 5.91 Å². The van der Waals surface area contributed by atoms with Gasteiger partial charge in [0.15, 0.2) is 11.5 Å². The smallest absolute Gasteiger partial charge is 0.246 e. The Morgan fingerprint density at radius 1 is 1.25 bits per heavy atom. The van der Waals surface area contributed by atoms with E-state index in [4.69, 9.17) is 9.15 Å². The highest BCUT2D eigenvalue weighted by Gasteiger charge is 2.69. The fourth-order valence-electron chi connectivity index (χ4n) is 7.88. The number of aliphatic hydroxyl groups is 1. The number of furan rings is 1. The van der Waals surface area contributed by atoms with Crippen LogP contribution in [0.3, 0.4) is 0 Å². The van der Waals surface area contributed by atoms with E-state index in [1.54, 1.807) is 30.7 Å². The number of benzene rings is 1. The lowest BCUT2D eigenvalue weighted by Crippen LogP contribution is -2.76. The minimum absolute atomic E-state index is 0.0508. The Labute approximate surface area is 211 Å². The number of carbonyl (C=O) groups excluding carboxylic acids is 1. The molecule has 4 atom stereocenters. The highest BCUT2D eigenvalue weighted by atomic mass is 16.5. The minimum Gasteiger partial charge on any atom is -0.504 e. The lowest BCUT2D eigenvalue weighted by atomic mass is 9.46. The number of aromatic hydroxyl groups is 1. The van der Waals surface area contributed by atoms with Gasteiger partial charge in [-0.1, -0.05) is 6.07 Å². The van der Waals surface area contributed by atoms with Crippen molar-refractivity contribution in [1.82, 2.24) is 9.80 Å². The lowest BCUT2D eigenvalue weighted by Gasteiger charge is -2.66. The fraction of sp³-hybridized carbons (Fsp3) is 0.552. The third-order valence-electron chi connectivity index (χ3n) is 10.0. The van der Waals surface area contributed by atoms with E-state index in [0.29, 0.717) is 31.6 Å². The molecule has 7 rings (SSSR count). The predicted octanol–water partition coefficient (Wildman–Crippen LogP) is 3.48. The van der Waals surface area contributed by atoms with Crippen LogP contribution in [0.25, 0.3) is 6.08 Å². The van der Waals surface area contributed by atoms with Crippen LogP contribution in [-0.2, 0) is 16.6 Å². The van der Waals surface area contributed by atoms with Crippen molar-refractivity contribution < 1.29 is 24.2 Å². The second-order valence-electron chi connectivity index (χ2n) is 11.8. The van der Waals surface area contributed by atoms with E-state index in [-0.39, 0.29) is 17.7 Å². The van der Waals surface area contributed by atoms with E-state index < -0.39 is 16.6 Å². The molecule has 2 N–H and O–H groups in total. The van der Waals surface area contributed by atoms with E-state index >= 15 is 0 Å². The van der Waals surface area contributed by atoms with Gasteiger partial charge in [-0.25, -0.2) is 0 Å². The number of carbonyl (C=O) groups is 1. The number of hydrogen-bond acceptors (Lipinski definition) is 6. The molecule has 3 heterocycles. The van der Waals surface area contributed by atoms with Gasteiger partial charge < -0.3 is 24.3 Å². The van der Waals surface area contributed by atoms with E-state index in [0.717, 1.165) is 43.0 Å². The molecule has 3 aliphatic carbocycles. The van der Waals surface area contributed by atoms with Crippen LogP contribution in [0.4, 0.5) is 0 Å². The van der Waals surface area contributed by atoms with Crippen LogP contribution in [0.5, 0.6) is 11.5 Å². The van der Waals surface area contributed by atoms with Gasteiger partial charge in [0.25, 0.3) is 0 Å². The monoisotopic (exact) mass is 490 g/mol. The third-order valence-corrected chi connectivity index (χ3v) is 10.0. The Hall–Kier alpha value is -2.77. The average molecular weight is 491 g/mol. The molecule has 2 saturated carbocycles. The predicted molar refractivity (Wildman–Crippen MR) is 134 cm³/mol. The Kier molecular flexibility index (Phi) is 4.75. The van der Waals surface area contributed by atoms with Crippen LogP contribution in [-0.4, -0.2) is 69.8 Å². The molecule has 3 fully saturated rings. The molecule has 0 radical (unpaired) electrons. The Balaban J connectivity index is 1.31. The first-order valence-corrected chi connectivity index (χ1v) is 13.3. The summed E-state index contributed by atoms with van der Waals surface area (Å²) in [5, 5.41) is 23.5. The number of likely N-dealkylation sites (N-methyl/N-ethyl adjacent to an activating group) is 1. The first-order chi connectivity index (χ1) is 17.4. The van der Waals surface area contributed by atoms with Crippen LogP contribution < -0.4 is 4.74 Å². The van der Waals surface area contributed by atoms with Crippen LogP contribution in [0.1, 0.15) is 55.2 Å².